The Morgan fingerprint density at radius 2 is 1.82 bits per heavy atom. The van der Waals surface area contributed by atoms with E-state index in [2.05, 4.69) is 27.4 Å². The summed E-state index contributed by atoms with van der Waals surface area (Å²) in [5.41, 5.74) is 3.42. The van der Waals surface area contributed by atoms with Gasteiger partial charge in [0, 0.05) is 50.0 Å². The maximum absolute atomic E-state index is 13.4. The van der Waals surface area contributed by atoms with Gasteiger partial charge in [0.25, 0.3) is 0 Å². The Kier molecular flexibility index (Phi) is 7.13. The number of carbonyl (C=O) groups is 2. The van der Waals surface area contributed by atoms with E-state index in [1.807, 2.05) is 54.4 Å². The summed E-state index contributed by atoms with van der Waals surface area (Å²) < 4.78 is 0. The lowest BCUT2D eigenvalue weighted by atomic mass is 9.73. The smallest absolute Gasteiger partial charge is 0.228 e. The number of amides is 2. The van der Waals surface area contributed by atoms with Crippen molar-refractivity contribution in [3.8, 4) is 11.1 Å². The molecule has 1 atom stereocenters. The van der Waals surface area contributed by atoms with E-state index in [1.165, 1.54) is 0 Å². The van der Waals surface area contributed by atoms with Crippen LogP contribution in [-0.2, 0) is 22.4 Å². The van der Waals surface area contributed by atoms with Crippen molar-refractivity contribution >= 4 is 11.8 Å². The summed E-state index contributed by atoms with van der Waals surface area (Å²) in [5.74, 6) is 0.0572. The van der Waals surface area contributed by atoms with Crippen LogP contribution in [0, 0.1) is 5.41 Å². The SMILES string of the molecule is CCNC(=O)[C@]1(Cc2ccccc2-c2cccnc2)CCCN(C(=O)Cc2cccnc2)C1. The van der Waals surface area contributed by atoms with E-state index in [9.17, 15) is 9.59 Å². The number of carbonyl (C=O) groups excluding carboxylic acids is 2. The van der Waals surface area contributed by atoms with E-state index in [4.69, 9.17) is 0 Å². The van der Waals surface area contributed by atoms with Crippen molar-refractivity contribution in [1.82, 2.24) is 20.2 Å². The molecule has 2 amide bonds. The van der Waals surface area contributed by atoms with E-state index < -0.39 is 5.41 Å². The maximum Gasteiger partial charge on any atom is 0.228 e. The van der Waals surface area contributed by atoms with Crippen LogP contribution < -0.4 is 5.32 Å². The number of aromatic nitrogens is 2. The molecule has 1 saturated heterocycles. The largest absolute Gasteiger partial charge is 0.356 e. The molecular weight excluding hydrogens is 412 g/mol. The Morgan fingerprint density at radius 1 is 1.03 bits per heavy atom. The van der Waals surface area contributed by atoms with Gasteiger partial charge in [-0.15, -0.1) is 0 Å². The third-order valence-electron chi connectivity index (χ3n) is 6.35. The second-order valence-electron chi connectivity index (χ2n) is 8.67. The van der Waals surface area contributed by atoms with E-state index >= 15 is 0 Å². The predicted octanol–water partition coefficient (Wildman–Crippen LogP) is 3.67. The Morgan fingerprint density at radius 3 is 2.55 bits per heavy atom. The fourth-order valence-electron chi connectivity index (χ4n) is 4.73. The van der Waals surface area contributed by atoms with Gasteiger partial charge in [-0.2, -0.15) is 0 Å². The third kappa shape index (κ3) is 5.28. The van der Waals surface area contributed by atoms with Gasteiger partial charge in [0.05, 0.1) is 11.8 Å². The fourth-order valence-corrected chi connectivity index (χ4v) is 4.73. The number of piperidine rings is 1. The zero-order valence-electron chi connectivity index (χ0n) is 19.0. The van der Waals surface area contributed by atoms with Crippen LogP contribution in [0.3, 0.4) is 0 Å². The van der Waals surface area contributed by atoms with Crippen molar-refractivity contribution in [1.29, 1.82) is 0 Å². The monoisotopic (exact) mass is 442 g/mol. The number of nitrogens with one attached hydrogen (secondary N) is 1. The summed E-state index contributed by atoms with van der Waals surface area (Å²) in [7, 11) is 0. The number of hydrogen-bond donors (Lipinski definition) is 1. The number of likely N-dealkylation sites (tertiary alicyclic amines) is 1. The first-order valence-corrected chi connectivity index (χ1v) is 11.5. The van der Waals surface area contributed by atoms with E-state index in [-0.39, 0.29) is 11.8 Å². The quantitative estimate of drug-likeness (QED) is 0.606. The second-order valence-corrected chi connectivity index (χ2v) is 8.67. The lowest BCUT2D eigenvalue weighted by Crippen LogP contribution is -2.54. The molecular formula is C27H30N4O2. The normalized spacial score (nSPS) is 18.0. The minimum absolute atomic E-state index is 0.0184. The molecule has 1 aromatic carbocycles. The molecule has 0 aliphatic carbocycles. The second kappa shape index (κ2) is 10.4. The molecule has 1 N–H and O–H groups in total. The lowest BCUT2D eigenvalue weighted by Gasteiger charge is -2.42. The average Bonchev–Trinajstić information content (AvgIpc) is 2.86. The first kappa shape index (κ1) is 22.6. The van der Waals surface area contributed by atoms with Crippen LogP contribution in [0.25, 0.3) is 11.1 Å². The number of rotatable bonds is 7. The molecule has 0 radical (unpaired) electrons. The van der Waals surface area contributed by atoms with E-state index in [1.54, 1.807) is 18.6 Å². The fraction of sp³-hybridized carbons (Fsp3) is 0.333. The van der Waals surface area contributed by atoms with Crippen LogP contribution in [0.15, 0.2) is 73.3 Å². The minimum atomic E-state index is -0.669. The molecule has 1 aliphatic rings. The van der Waals surface area contributed by atoms with Gasteiger partial charge in [0.2, 0.25) is 11.8 Å². The van der Waals surface area contributed by atoms with Crippen LogP contribution in [0.1, 0.15) is 30.9 Å². The molecule has 0 saturated carbocycles. The van der Waals surface area contributed by atoms with Gasteiger partial charge in [0.1, 0.15) is 0 Å². The van der Waals surface area contributed by atoms with Crippen molar-refractivity contribution in [2.45, 2.75) is 32.6 Å². The van der Waals surface area contributed by atoms with Gasteiger partial charge in [-0.05, 0) is 55.0 Å². The van der Waals surface area contributed by atoms with Crippen LogP contribution in [0.5, 0.6) is 0 Å². The van der Waals surface area contributed by atoms with Gasteiger partial charge in [-0.1, -0.05) is 36.4 Å². The summed E-state index contributed by atoms with van der Waals surface area (Å²) in [6.45, 7) is 3.58. The highest BCUT2D eigenvalue weighted by atomic mass is 16.2. The molecule has 3 heterocycles. The van der Waals surface area contributed by atoms with Crippen molar-refractivity contribution < 1.29 is 9.59 Å². The molecule has 1 aliphatic heterocycles. The molecule has 1 fully saturated rings. The summed E-state index contributed by atoms with van der Waals surface area (Å²) >= 11 is 0. The van der Waals surface area contributed by atoms with Crippen LogP contribution in [0.2, 0.25) is 0 Å². The molecule has 33 heavy (non-hydrogen) atoms. The zero-order chi connectivity index (χ0) is 23.1. The highest BCUT2D eigenvalue weighted by Gasteiger charge is 2.43. The van der Waals surface area contributed by atoms with Gasteiger partial charge < -0.3 is 10.2 Å². The van der Waals surface area contributed by atoms with Gasteiger partial charge in [-0.3, -0.25) is 19.6 Å². The summed E-state index contributed by atoms with van der Waals surface area (Å²) in [4.78, 5) is 36.8. The topological polar surface area (TPSA) is 75.2 Å². The van der Waals surface area contributed by atoms with Gasteiger partial charge >= 0.3 is 0 Å². The number of hydrogen-bond acceptors (Lipinski definition) is 4. The van der Waals surface area contributed by atoms with Crippen LogP contribution >= 0.6 is 0 Å². The molecule has 0 bridgehead atoms. The number of nitrogens with zero attached hydrogens (tertiary/aromatic N) is 3. The molecule has 4 rings (SSSR count). The summed E-state index contributed by atoms with van der Waals surface area (Å²) in [6.07, 6.45) is 9.45. The van der Waals surface area contributed by atoms with Crippen LogP contribution in [0.4, 0.5) is 0 Å². The van der Waals surface area contributed by atoms with E-state index in [0.717, 1.165) is 35.1 Å². The standard InChI is InChI=1S/C27H30N4O2/c1-2-30-26(33)27(17-22-9-3-4-11-24(22)23-10-6-14-29-19-23)12-7-15-31(20-27)25(32)16-21-8-5-13-28-18-21/h3-6,8-11,13-14,18-19H,2,7,12,15-17,20H2,1H3,(H,30,33)/t27-/m0/s1. The molecule has 0 unspecified atom stereocenters. The molecule has 6 nitrogen and oxygen atoms in total. The third-order valence-corrected chi connectivity index (χ3v) is 6.35. The number of pyridine rings is 2. The Balaban J connectivity index is 1.62. The molecule has 2 aromatic heterocycles. The maximum atomic E-state index is 13.4. The Hall–Kier alpha value is -3.54. The van der Waals surface area contributed by atoms with Crippen molar-refractivity contribution in [2.24, 2.45) is 5.41 Å². The molecule has 0 spiro atoms. The van der Waals surface area contributed by atoms with Crippen molar-refractivity contribution in [2.75, 3.05) is 19.6 Å². The first-order valence-electron chi connectivity index (χ1n) is 11.5. The highest BCUT2D eigenvalue weighted by Crippen LogP contribution is 2.37. The molecule has 3 aromatic rings. The summed E-state index contributed by atoms with van der Waals surface area (Å²) in [6, 6.07) is 15.9. The lowest BCUT2D eigenvalue weighted by molar-refractivity contribution is -0.141. The van der Waals surface area contributed by atoms with Crippen molar-refractivity contribution in [3.63, 3.8) is 0 Å². The van der Waals surface area contributed by atoms with Crippen LogP contribution in [-0.4, -0.2) is 46.3 Å². The summed E-state index contributed by atoms with van der Waals surface area (Å²) in [5, 5.41) is 3.05. The molecule has 6 heteroatoms. The number of benzene rings is 1. The Bertz CT molecular complexity index is 1090. The van der Waals surface area contributed by atoms with E-state index in [0.29, 0.717) is 32.5 Å². The van der Waals surface area contributed by atoms with Crippen molar-refractivity contribution in [3.05, 3.63) is 84.4 Å². The highest BCUT2D eigenvalue weighted by molar-refractivity contribution is 5.86. The average molecular weight is 443 g/mol. The molecule has 170 valence electrons. The zero-order valence-corrected chi connectivity index (χ0v) is 19.0. The first-order chi connectivity index (χ1) is 16.1. The Labute approximate surface area is 195 Å². The van der Waals surface area contributed by atoms with Gasteiger partial charge in [0.15, 0.2) is 0 Å². The van der Waals surface area contributed by atoms with Gasteiger partial charge in [-0.25, -0.2) is 0 Å². The minimum Gasteiger partial charge on any atom is -0.356 e. The predicted molar refractivity (Wildman–Crippen MR) is 128 cm³/mol.